The van der Waals surface area contributed by atoms with E-state index >= 15 is 0 Å². The molecule has 1 aliphatic carbocycles. The minimum absolute atomic E-state index is 0.264. The summed E-state index contributed by atoms with van der Waals surface area (Å²) in [6.07, 6.45) is 2.80. The van der Waals surface area contributed by atoms with Crippen LogP contribution in [0.3, 0.4) is 0 Å². The highest BCUT2D eigenvalue weighted by atomic mass is 16.3. The first kappa shape index (κ1) is 12.8. The number of phenolic OH excluding ortho intramolecular Hbond substituents is 1. The molecule has 0 heterocycles. The largest absolute Gasteiger partial charge is 0.508 e. The van der Waals surface area contributed by atoms with Gasteiger partial charge >= 0.3 is 0 Å². The van der Waals surface area contributed by atoms with Gasteiger partial charge in [0.15, 0.2) is 0 Å². The molecule has 1 fully saturated rings. The molecule has 3 nitrogen and oxygen atoms in total. The number of phenols is 1. The van der Waals surface area contributed by atoms with Gasteiger partial charge in [0.2, 0.25) is 0 Å². The van der Waals surface area contributed by atoms with E-state index in [1.165, 1.54) is 0 Å². The van der Waals surface area contributed by atoms with Gasteiger partial charge in [0.25, 0.3) is 0 Å². The Morgan fingerprint density at radius 3 is 2.39 bits per heavy atom. The van der Waals surface area contributed by atoms with E-state index < -0.39 is 5.41 Å². The smallest absolute Gasteiger partial charge is 0.122 e. The van der Waals surface area contributed by atoms with E-state index in [9.17, 15) is 10.4 Å². The maximum absolute atomic E-state index is 10.2. The van der Waals surface area contributed by atoms with Gasteiger partial charge in [0.1, 0.15) is 5.75 Å². The Morgan fingerprint density at radius 1 is 1.33 bits per heavy atom. The molecule has 0 radical (unpaired) electrons. The second kappa shape index (κ2) is 4.89. The highest BCUT2D eigenvalue weighted by molar-refractivity contribution is 5.56. The molecule has 0 unspecified atom stereocenters. The number of nitrogens with zero attached hydrogens (tertiary/aromatic N) is 2. The molecule has 96 valence electrons. The molecule has 1 saturated carbocycles. The molecule has 1 aromatic carbocycles. The zero-order valence-electron chi connectivity index (χ0n) is 11.1. The summed E-state index contributed by atoms with van der Waals surface area (Å²) >= 11 is 0. The summed E-state index contributed by atoms with van der Waals surface area (Å²) < 4.78 is 0. The summed E-state index contributed by atoms with van der Waals surface area (Å²) in [7, 11) is 0. The van der Waals surface area contributed by atoms with Gasteiger partial charge in [-0.15, -0.1) is 0 Å². The van der Waals surface area contributed by atoms with Crippen LogP contribution in [0.1, 0.15) is 38.7 Å². The third-order valence-electron chi connectivity index (χ3n) is 4.05. The monoisotopic (exact) mass is 244 g/mol. The first-order valence-electron chi connectivity index (χ1n) is 6.66. The third-order valence-corrected chi connectivity index (χ3v) is 4.05. The predicted molar refractivity (Wildman–Crippen MR) is 72.8 cm³/mol. The SMILES string of the molecule is CCN(CC)c1ccc(C2(C#N)CCC2)c(O)c1. The summed E-state index contributed by atoms with van der Waals surface area (Å²) in [4.78, 5) is 2.18. The molecular weight excluding hydrogens is 224 g/mol. The molecule has 3 heteroatoms. The van der Waals surface area contributed by atoms with Crippen molar-refractivity contribution in [2.75, 3.05) is 18.0 Å². The van der Waals surface area contributed by atoms with Crippen LogP contribution in [0.2, 0.25) is 0 Å². The topological polar surface area (TPSA) is 47.3 Å². The molecule has 1 aromatic rings. The Labute approximate surface area is 109 Å². The van der Waals surface area contributed by atoms with Crippen LogP contribution in [-0.4, -0.2) is 18.2 Å². The number of rotatable bonds is 4. The second-order valence-electron chi connectivity index (χ2n) is 4.92. The zero-order chi connectivity index (χ0) is 13.2. The van der Waals surface area contributed by atoms with Crippen molar-refractivity contribution >= 4 is 5.69 Å². The first-order chi connectivity index (χ1) is 8.66. The van der Waals surface area contributed by atoms with E-state index in [4.69, 9.17) is 0 Å². The van der Waals surface area contributed by atoms with E-state index in [1.807, 2.05) is 12.1 Å². The van der Waals surface area contributed by atoms with Crippen molar-refractivity contribution in [2.45, 2.75) is 38.5 Å². The summed E-state index contributed by atoms with van der Waals surface area (Å²) in [5, 5.41) is 19.5. The molecule has 0 aliphatic heterocycles. The van der Waals surface area contributed by atoms with Crippen LogP contribution in [0, 0.1) is 11.3 Å². The van der Waals surface area contributed by atoms with Crippen molar-refractivity contribution in [2.24, 2.45) is 0 Å². The molecule has 1 aliphatic rings. The average Bonchev–Trinajstić information content (AvgIpc) is 2.32. The Balaban J connectivity index is 2.34. The molecule has 0 bridgehead atoms. The Hall–Kier alpha value is -1.69. The summed E-state index contributed by atoms with van der Waals surface area (Å²) in [5.41, 5.74) is 1.38. The molecule has 1 N–H and O–H groups in total. The molecule has 0 spiro atoms. The molecule has 0 aromatic heterocycles. The van der Waals surface area contributed by atoms with Gasteiger partial charge in [-0.1, -0.05) is 6.07 Å². The Kier molecular flexibility index (Phi) is 3.47. The highest BCUT2D eigenvalue weighted by Gasteiger charge is 2.40. The van der Waals surface area contributed by atoms with Gasteiger partial charge in [-0.2, -0.15) is 5.26 Å². The third kappa shape index (κ3) is 1.92. The molecular formula is C15H20N2O. The van der Waals surface area contributed by atoms with Crippen LogP contribution in [-0.2, 0) is 5.41 Å². The lowest BCUT2D eigenvalue weighted by atomic mass is 9.65. The lowest BCUT2D eigenvalue weighted by Crippen LogP contribution is -2.32. The Bertz CT molecular complexity index is 468. The Morgan fingerprint density at radius 2 is 2.00 bits per heavy atom. The van der Waals surface area contributed by atoms with E-state index in [0.29, 0.717) is 0 Å². The van der Waals surface area contributed by atoms with Crippen LogP contribution in [0.25, 0.3) is 0 Å². The van der Waals surface area contributed by atoms with E-state index in [1.54, 1.807) is 6.07 Å². The van der Waals surface area contributed by atoms with Crippen LogP contribution in [0.4, 0.5) is 5.69 Å². The molecule has 0 amide bonds. The van der Waals surface area contributed by atoms with Gasteiger partial charge < -0.3 is 10.0 Å². The fourth-order valence-corrected chi connectivity index (χ4v) is 2.68. The fraction of sp³-hybridized carbons (Fsp3) is 0.533. The summed E-state index contributed by atoms with van der Waals surface area (Å²) in [5.74, 6) is 0.264. The maximum atomic E-state index is 10.2. The van der Waals surface area contributed by atoms with Gasteiger partial charge in [0.05, 0.1) is 11.5 Å². The van der Waals surface area contributed by atoms with Crippen molar-refractivity contribution < 1.29 is 5.11 Å². The molecule has 18 heavy (non-hydrogen) atoms. The van der Waals surface area contributed by atoms with Crippen LogP contribution >= 0.6 is 0 Å². The molecule has 2 rings (SSSR count). The minimum atomic E-state index is -0.439. The van der Waals surface area contributed by atoms with Crippen LogP contribution < -0.4 is 4.90 Å². The number of nitriles is 1. The van der Waals surface area contributed by atoms with Crippen LogP contribution in [0.15, 0.2) is 18.2 Å². The highest BCUT2D eigenvalue weighted by Crippen LogP contribution is 2.47. The van der Waals surface area contributed by atoms with Gasteiger partial charge in [-0.05, 0) is 39.2 Å². The predicted octanol–water partition coefficient (Wildman–Crippen LogP) is 3.18. The van der Waals surface area contributed by atoms with Gasteiger partial charge in [-0.25, -0.2) is 0 Å². The standard InChI is InChI=1S/C15H20N2O/c1-3-17(4-2)12-6-7-13(14(18)10-12)15(11-16)8-5-9-15/h6-7,10,18H,3-5,8-9H2,1-2H3. The van der Waals surface area contributed by atoms with Gasteiger partial charge in [0, 0.05) is 30.4 Å². The number of benzene rings is 1. The van der Waals surface area contributed by atoms with E-state index in [-0.39, 0.29) is 5.75 Å². The van der Waals surface area contributed by atoms with E-state index in [2.05, 4.69) is 24.8 Å². The average molecular weight is 244 g/mol. The fourth-order valence-electron chi connectivity index (χ4n) is 2.68. The number of hydrogen-bond acceptors (Lipinski definition) is 3. The quantitative estimate of drug-likeness (QED) is 0.884. The summed E-state index contributed by atoms with van der Waals surface area (Å²) in [6.45, 7) is 6.02. The van der Waals surface area contributed by atoms with Gasteiger partial charge in [-0.3, -0.25) is 0 Å². The second-order valence-corrected chi connectivity index (χ2v) is 4.92. The zero-order valence-corrected chi connectivity index (χ0v) is 11.1. The maximum Gasteiger partial charge on any atom is 0.122 e. The number of hydrogen-bond donors (Lipinski definition) is 1. The lowest BCUT2D eigenvalue weighted by Gasteiger charge is -2.36. The molecule has 0 saturated heterocycles. The van der Waals surface area contributed by atoms with Crippen molar-refractivity contribution in [1.29, 1.82) is 5.26 Å². The first-order valence-corrected chi connectivity index (χ1v) is 6.66. The van der Waals surface area contributed by atoms with Crippen molar-refractivity contribution in [3.8, 4) is 11.8 Å². The summed E-state index contributed by atoms with van der Waals surface area (Å²) in [6, 6.07) is 8.10. The normalized spacial score (nSPS) is 16.7. The number of aromatic hydroxyl groups is 1. The lowest BCUT2D eigenvalue weighted by molar-refractivity contribution is 0.311. The minimum Gasteiger partial charge on any atom is -0.508 e. The van der Waals surface area contributed by atoms with Crippen molar-refractivity contribution in [1.82, 2.24) is 0 Å². The van der Waals surface area contributed by atoms with Crippen molar-refractivity contribution in [3.63, 3.8) is 0 Å². The van der Waals surface area contributed by atoms with Crippen LogP contribution in [0.5, 0.6) is 5.75 Å². The number of anilines is 1. The van der Waals surface area contributed by atoms with E-state index in [0.717, 1.165) is 43.6 Å². The molecule has 0 atom stereocenters. The van der Waals surface area contributed by atoms with Crippen molar-refractivity contribution in [3.05, 3.63) is 23.8 Å².